The Hall–Kier alpha value is -2.04. The van der Waals surface area contributed by atoms with Crippen molar-refractivity contribution in [1.82, 2.24) is 0 Å². The minimum atomic E-state index is -4.74. The molecule has 0 saturated carbocycles. The molecule has 3 unspecified atom stereocenters. The van der Waals surface area contributed by atoms with Gasteiger partial charge in [-0.3, -0.25) is 23.4 Å². The fourth-order valence-corrected chi connectivity index (χ4v) is 8.42. The van der Waals surface area contributed by atoms with Crippen LogP contribution >= 0.6 is 7.82 Å². The molecule has 0 aromatic rings. The number of aliphatic hydroxyl groups is 1. The number of ether oxygens (including phenoxy) is 3. The van der Waals surface area contributed by atoms with E-state index in [-0.39, 0.29) is 25.9 Å². The van der Waals surface area contributed by atoms with E-state index in [0.29, 0.717) is 19.3 Å². The van der Waals surface area contributed by atoms with E-state index in [1.165, 1.54) is 109 Å². The summed E-state index contributed by atoms with van der Waals surface area (Å²) in [4.78, 5) is 48.3. The first-order valence-corrected chi connectivity index (χ1v) is 28.7. The molecule has 2 N–H and O–H groups in total. The Bertz CT molecular complexity index is 1210. The van der Waals surface area contributed by atoms with Gasteiger partial charge in [0.15, 0.2) is 6.10 Å². The number of allylic oxidation sites excluding steroid dienone is 4. The maximum atomic E-state index is 12.8. The second-order valence-corrected chi connectivity index (χ2v) is 19.8. The molecule has 0 spiro atoms. The van der Waals surface area contributed by atoms with Gasteiger partial charge in [0.1, 0.15) is 12.7 Å². The number of phosphoric acid groups is 1. The Kier molecular flexibility index (Phi) is 47.9. The average molecular weight is 957 g/mol. The van der Waals surface area contributed by atoms with E-state index in [1.54, 1.807) is 0 Å². The molecule has 0 amide bonds. The van der Waals surface area contributed by atoms with Crippen LogP contribution in [0.4, 0.5) is 0 Å². The normalized spacial score (nSPS) is 13.6. The van der Waals surface area contributed by atoms with Crippen LogP contribution in [-0.2, 0) is 42.2 Å². The lowest BCUT2D eigenvalue weighted by Gasteiger charge is -2.21. The second kappa shape index (κ2) is 49.4. The molecule has 0 heterocycles. The van der Waals surface area contributed by atoms with Gasteiger partial charge in [-0.05, 0) is 70.6 Å². The quantitative estimate of drug-likeness (QED) is 0.0197. The van der Waals surface area contributed by atoms with Crippen LogP contribution in [-0.4, -0.2) is 66.5 Å². The molecule has 0 aromatic carbocycles. The van der Waals surface area contributed by atoms with E-state index in [2.05, 4.69) is 45.1 Å². The van der Waals surface area contributed by atoms with E-state index in [9.17, 15) is 28.9 Å². The van der Waals surface area contributed by atoms with Gasteiger partial charge in [0.05, 0.1) is 19.8 Å². The van der Waals surface area contributed by atoms with Gasteiger partial charge in [0.2, 0.25) is 0 Å². The highest BCUT2D eigenvalue weighted by Crippen LogP contribution is 2.43. The van der Waals surface area contributed by atoms with Crippen molar-refractivity contribution in [3.8, 4) is 0 Å². The number of aliphatic hydroxyl groups excluding tert-OH is 1. The first kappa shape index (κ1) is 64.0. The zero-order valence-corrected chi connectivity index (χ0v) is 43.6. The van der Waals surface area contributed by atoms with Crippen LogP contribution in [0.15, 0.2) is 24.3 Å². The lowest BCUT2D eigenvalue weighted by atomic mass is 10.1. The number of hydrogen-bond donors (Lipinski definition) is 2. The van der Waals surface area contributed by atoms with Crippen molar-refractivity contribution in [2.45, 2.75) is 277 Å². The van der Waals surface area contributed by atoms with Gasteiger partial charge in [-0.25, -0.2) is 4.57 Å². The smallest absolute Gasteiger partial charge is 0.462 e. The van der Waals surface area contributed by atoms with Crippen molar-refractivity contribution in [3.63, 3.8) is 0 Å². The third-order valence-corrected chi connectivity index (χ3v) is 12.8. The van der Waals surface area contributed by atoms with Gasteiger partial charge in [-0.15, -0.1) is 0 Å². The van der Waals surface area contributed by atoms with Crippen molar-refractivity contribution in [3.05, 3.63) is 24.3 Å². The number of unbranched alkanes of at least 4 members (excludes halogenated alkanes) is 30. The molecule has 0 rings (SSSR count). The summed E-state index contributed by atoms with van der Waals surface area (Å²) in [6, 6.07) is 0. The Morgan fingerprint density at radius 2 is 0.697 bits per heavy atom. The van der Waals surface area contributed by atoms with Crippen molar-refractivity contribution in [2.75, 3.05) is 26.4 Å². The first-order valence-electron chi connectivity index (χ1n) is 27.2. The molecule has 66 heavy (non-hydrogen) atoms. The van der Waals surface area contributed by atoms with Crippen molar-refractivity contribution >= 4 is 25.7 Å². The number of esters is 3. The standard InChI is InChI=1S/C54H101O11P/c1-4-7-10-13-16-19-22-24-25-27-29-31-34-37-40-43-52(56)61-47-51(65-54(58)45-42-39-36-33-30-26-23-20-17-14-11-8-5-2)49-63-66(59,60)62-48-50(46-55)64-53(57)44-41-38-35-32-28-21-18-15-12-9-6-3/h20,23-25,50-51,55H,4-19,21-22,26-49H2,1-3H3,(H,59,60)/b23-20-,25-24-. The molecule has 0 aliphatic carbocycles. The number of carbonyl (C=O) groups is 3. The minimum absolute atomic E-state index is 0.160. The number of carbonyl (C=O) groups excluding carboxylic acids is 3. The Morgan fingerprint density at radius 3 is 1.06 bits per heavy atom. The summed E-state index contributed by atoms with van der Waals surface area (Å²) >= 11 is 0. The summed E-state index contributed by atoms with van der Waals surface area (Å²) in [5.41, 5.74) is 0. The molecule has 0 aliphatic rings. The SMILES string of the molecule is CCCCCC/C=C\CCCCCCCC(=O)OC(COC(=O)CCCCCCC/C=C\CCCCCCCC)COP(=O)(O)OCC(CO)OC(=O)CCCCCCCCCCCCC. The molecule has 12 heteroatoms. The molecular formula is C54H101O11P. The topological polar surface area (TPSA) is 155 Å². The van der Waals surface area contributed by atoms with Gasteiger partial charge in [-0.1, -0.05) is 199 Å². The zero-order valence-electron chi connectivity index (χ0n) is 42.7. The van der Waals surface area contributed by atoms with Gasteiger partial charge in [0, 0.05) is 19.3 Å². The number of hydrogen-bond acceptors (Lipinski definition) is 10. The van der Waals surface area contributed by atoms with Crippen LogP contribution in [0.5, 0.6) is 0 Å². The van der Waals surface area contributed by atoms with E-state index in [1.807, 2.05) is 0 Å². The van der Waals surface area contributed by atoms with Crippen molar-refractivity contribution < 1.29 is 52.2 Å². The molecule has 0 bridgehead atoms. The summed E-state index contributed by atoms with van der Waals surface area (Å²) < 4.78 is 39.4. The van der Waals surface area contributed by atoms with E-state index < -0.39 is 57.8 Å². The molecule has 0 aliphatic heterocycles. The molecule has 3 atom stereocenters. The lowest BCUT2D eigenvalue weighted by Crippen LogP contribution is -2.30. The van der Waals surface area contributed by atoms with Gasteiger partial charge in [0.25, 0.3) is 0 Å². The van der Waals surface area contributed by atoms with Crippen molar-refractivity contribution in [2.24, 2.45) is 0 Å². The predicted molar refractivity (Wildman–Crippen MR) is 270 cm³/mol. The Balaban J connectivity index is 4.73. The van der Waals surface area contributed by atoms with Crippen molar-refractivity contribution in [1.29, 1.82) is 0 Å². The summed E-state index contributed by atoms with van der Waals surface area (Å²) in [6.45, 7) is 4.62. The molecule has 0 radical (unpaired) electrons. The summed E-state index contributed by atoms with van der Waals surface area (Å²) in [5.74, 6) is -1.47. The van der Waals surface area contributed by atoms with Gasteiger partial charge < -0.3 is 24.2 Å². The highest BCUT2D eigenvalue weighted by Gasteiger charge is 2.28. The van der Waals surface area contributed by atoms with E-state index in [0.717, 1.165) is 96.3 Å². The van der Waals surface area contributed by atoms with Crippen LogP contribution < -0.4 is 0 Å². The van der Waals surface area contributed by atoms with Crippen LogP contribution in [0.3, 0.4) is 0 Å². The van der Waals surface area contributed by atoms with Gasteiger partial charge >= 0.3 is 25.7 Å². The Labute approximate surface area is 404 Å². The second-order valence-electron chi connectivity index (χ2n) is 18.4. The Morgan fingerprint density at radius 1 is 0.409 bits per heavy atom. The fraction of sp³-hybridized carbons (Fsp3) is 0.870. The lowest BCUT2D eigenvalue weighted by molar-refractivity contribution is -0.161. The van der Waals surface area contributed by atoms with E-state index in [4.69, 9.17) is 23.3 Å². The first-order chi connectivity index (χ1) is 32.2. The number of phosphoric ester groups is 1. The van der Waals surface area contributed by atoms with Crippen LogP contribution in [0, 0.1) is 0 Å². The highest BCUT2D eigenvalue weighted by molar-refractivity contribution is 7.47. The van der Waals surface area contributed by atoms with Crippen LogP contribution in [0.25, 0.3) is 0 Å². The monoisotopic (exact) mass is 957 g/mol. The largest absolute Gasteiger partial charge is 0.472 e. The van der Waals surface area contributed by atoms with Gasteiger partial charge in [-0.2, -0.15) is 0 Å². The van der Waals surface area contributed by atoms with Crippen LogP contribution in [0.1, 0.15) is 265 Å². The summed E-state index contributed by atoms with van der Waals surface area (Å²) in [7, 11) is -4.74. The summed E-state index contributed by atoms with van der Waals surface area (Å²) in [5, 5.41) is 9.77. The minimum Gasteiger partial charge on any atom is -0.462 e. The third kappa shape index (κ3) is 47.0. The molecule has 0 saturated heterocycles. The molecule has 11 nitrogen and oxygen atoms in total. The highest BCUT2D eigenvalue weighted by atomic mass is 31.2. The number of rotatable bonds is 51. The zero-order chi connectivity index (χ0) is 48.4. The molecule has 388 valence electrons. The maximum Gasteiger partial charge on any atom is 0.472 e. The molecule has 0 fully saturated rings. The summed E-state index contributed by atoms with van der Waals surface area (Å²) in [6.07, 6.45) is 47.1. The maximum absolute atomic E-state index is 12.8. The fourth-order valence-electron chi connectivity index (χ4n) is 7.64. The van der Waals surface area contributed by atoms with E-state index >= 15 is 0 Å². The molecule has 0 aromatic heterocycles. The predicted octanol–water partition coefficient (Wildman–Crippen LogP) is 15.5. The molecular weight excluding hydrogens is 856 g/mol. The van der Waals surface area contributed by atoms with Crippen LogP contribution in [0.2, 0.25) is 0 Å². The third-order valence-electron chi connectivity index (χ3n) is 11.8. The average Bonchev–Trinajstić information content (AvgIpc) is 3.30.